The van der Waals surface area contributed by atoms with Crippen molar-refractivity contribution in [2.24, 2.45) is 0 Å². The first kappa shape index (κ1) is 14.2. The largest absolute Gasteiger partial charge is 0.353 e. The predicted octanol–water partition coefficient (Wildman–Crippen LogP) is 2.10. The number of hydrogen-bond acceptors (Lipinski definition) is 6. The molecule has 1 aliphatic rings. The van der Waals surface area contributed by atoms with E-state index in [0.717, 1.165) is 49.1 Å². The standard InChI is InChI=1S/C16H17N5OS/c22-15-7-6-14(18-19-15)20-8-3-9-21(11-10-20)16-17-12-4-1-2-5-13(12)23-16/h1-2,4-7H,3,8-11H2,(H,19,22). The minimum Gasteiger partial charge on any atom is -0.353 e. The van der Waals surface area contributed by atoms with Gasteiger partial charge in [0, 0.05) is 32.2 Å². The van der Waals surface area contributed by atoms with Gasteiger partial charge in [-0.25, -0.2) is 10.1 Å². The van der Waals surface area contributed by atoms with E-state index in [1.165, 1.54) is 10.8 Å². The summed E-state index contributed by atoms with van der Waals surface area (Å²) in [6.07, 6.45) is 1.04. The maximum absolute atomic E-state index is 11.1. The van der Waals surface area contributed by atoms with Gasteiger partial charge in [0.15, 0.2) is 5.13 Å². The number of rotatable bonds is 2. The van der Waals surface area contributed by atoms with Crippen molar-refractivity contribution in [3.63, 3.8) is 0 Å². The summed E-state index contributed by atoms with van der Waals surface area (Å²) in [7, 11) is 0. The van der Waals surface area contributed by atoms with E-state index in [-0.39, 0.29) is 5.56 Å². The Bertz CT molecular complexity index is 821. The quantitative estimate of drug-likeness (QED) is 0.781. The minimum absolute atomic E-state index is 0.167. The van der Waals surface area contributed by atoms with Crippen LogP contribution in [0, 0.1) is 0 Å². The lowest BCUT2D eigenvalue weighted by Crippen LogP contribution is -2.31. The molecule has 1 aliphatic heterocycles. The summed E-state index contributed by atoms with van der Waals surface area (Å²) in [6, 6.07) is 11.6. The van der Waals surface area contributed by atoms with E-state index in [0.29, 0.717) is 0 Å². The van der Waals surface area contributed by atoms with Crippen LogP contribution in [0.2, 0.25) is 0 Å². The lowest BCUT2D eigenvalue weighted by atomic mass is 10.3. The number of aromatic amines is 1. The second-order valence-electron chi connectivity index (χ2n) is 5.57. The monoisotopic (exact) mass is 327 g/mol. The van der Waals surface area contributed by atoms with Crippen molar-refractivity contribution in [2.45, 2.75) is 6.42 Å². The van der Waals surface area contributed by atoms with E-state index in [9.17, 15) is 4.79 Å². The van der Waals surface area contributed by atoms with Crippen LogP contribution in [0.15, 0.2) is 41.2 Å². The Labute approximate surface area is 137 Å². The Morgan fingerprint density at radius 3 is 2.65 bits per heavy atom. The number of nitrogens with one attached hydrogen (secondary N) is 1. The molecule has 23 heavy (non-hydrogen) atoms. The zero-order valence-electron chi connectivity index (χ0n) is 12.6. The highest BCUT2D eigenvalue weighted by Gasteiger charge is 2.18. The van der Waals surface area contributed by atoms with Gasteiger partial charge in [-0.05, 0) is 24.6 Å². The molecular formula is C16H17N5OS. The second-order valence-corrected chi connectivity index (χ2v) is 6.58. The maximum atomic E-state index is 11.1. The molecule has 1 N–H and O–H groups in total. The fraction of sp³-hybridized carbons (Fsp3) is 0.312. The minimum atomic E-state index is -0.167. The highest BCUT2D eigenvalue weighted by Crippen LogP contribution is 2.29. The van der Waals surface area contributed by atoms with Crippen LogP contribution >= 0.6 is 11.3 Å². The van der Waals surface area contributed by atoms with Crippen LogP contribution in [0.3, 0.4) is 0 Å². The van der Waals surface area contributed by atoms with Gasteiger partial charge in [-0.1, -0.05) is 23.5 Å². The van der Waals surface area contributed by atoms with Crippen LogP contribution in [0.1, 0.15) is 6.42 Å². The summed E-state index contributed by atoms with van der Waals surface area (Å²) in [5.41, 5.74) is 0.899. The molecule has 1 aromatic carbocycles. The number of H-pyrrole nitrogens is 1. The van der Waals surface area contributed by atoms with Gasteiger partial charge in [-0.3, -0.25) is 4.79 Å². The van der Waals surface area contributed by atoms with Crippen LogP contribution < -0.4 is 15.4 Å². The third-order valence-corrected chi connectivity index (χ3v) is 5.13. The molecule has 3 aromatic rings. The van der Waals surface area contributed by atoms with Crippen molar-refractivity contribution in [3.05, 3.63) is 46.8 Å². The van der Waals surface area contributed by atoms with Crippen LogP contribution in [0.4, 0.5) is 10.9 Å². The third kappa shape index (κ3) is 2.92. The molecular weight excluding hydrogens is 310 g/mol. The molecule has 0 atom stereocenters. The first-order valence-corrected chi connectivity index (χ1v) is 8.52. The third-order valence-electron chi connectivity index (χ3n) is 4.04. The number of fused-ring (bicyclic) bond motifs is 1. The van der Waals surface area contributed by atoms with Crippen LogP contribution in [-0.2, 0) is 0 Å². The fourth-order valence-electron chi connectivity index (χ4n) is 2.85. The zero-order chi connectivity index (χ0) is 15.6. The molecule has 0 spiro atoms. The van der Waals surface area contributed by atoms with Gasteiger partial charge in [0.25, 0.3) is 5.56 Å². The number of para-hydroxylation sites is 1. The molecule has 4 rings (SSSR count). The van der Waals surface area contributed by atoms with Crippen molar-refractivity contribution in [1.82, 2.24) is 15.2 Å². The van der Waals surface area contributed by atoms with Crippen molar-refractivity contribution in [2.75, 3.05) is 36.0 Å². The molecule has 0 bridgehead atoms. The number of anilines is 2. The van der Waals surface area contributed by atoms with Gasteiger partial charge in [0.05, 0.1) is 10.2 Å². The molecule has 0 aliphatic carbocycles. The molecule has 1 saturated heterocycles. The Hall–Kier alpha value is -2.41. The second kappa shape index (κ2) is 6.00. The van der Waals surface area contributed by atoms with Gasteiger partial charge in [-0.15, -0.1) is 0 Å². The smallest absolute Gasteiger partial charge is 0.264 e. The van der Waals surface area contributed by atoms with Gasteiger partial charge < -0.3 is 9.80 Å². The zero-order valence-corrected chi connectivity index (χ0v) is 13.4. The van der Waals surface area contributed by atoms with Crippen molar-refractivity contribution in [3.8, 4) is 0 Å². The first-order chi connectivity index (χ1) is 11.3. The molecule has 0 saturated carbocycles. The molecule has 6 nitrogen and oxygen atoms in total. The molecule has 3 heterocycles. The summed E-state index contributed by atoms with van der Waals surface area (Å²) < 4.78 is 1.23. The number of benzene rings is 1. The number of nitrogens with zero attached hydrogens (tertiary/aromatic N) is 4. The van der Waals surface area contributed by atoms with Crippen LogP contribution in [0.5, 0.6) is 0 Å². The number of hydrogen-bond donors (Lipinski definition) is 1. The number of thiazole rings is 1. The average molecular weight is 327 g/mol. The number of aromatic nitrogens is 3. The molecule has 7 heteroatoms. The summed E-state index contributed by atoms with van der Waals surface area (Å²) in [5, 5.41) is 7.73. The van der Waals surface area contributed by atoms with Crippen molar-refractivity contribution in [1.29, 1.82) is 0 Å². The van der Waals surface area contributed by atoms with E-state index in [2.05, 4.69) is 38.2 Å². The Morgan fingerprint density at radius 1 is 1.00 bits per heavy atom. The molecule has 0 amide bonds. The van der Waals surface area contributed by atoms with Gasteiger partial charge in [0.2, 0.25) is 0 Å². The highest BCUT2D eigenvalue weighted by atomic mass is 32.1. The van der Waals surface area contributed by atoms with Gasteiger partial charge in [0.1, 0.15) is 5.82 Å². The SMILES string of the molecule is O=c1ccc(N2CCCN(c3nc4ccccc4s3)CC2)n[nH]1. The lowest BCUT2D eigenvalue weighted by molar-refractivity contribution is 0.783. The van der Waals surface area contributed by atoms with Crippen LogP contribution in [0.25, 0.3) is 10.2 Å². The molecule has 0 radical (unpaired) electrons. The Balaban J connectivity index is 1.52. The van der Waals surface area contributed by atoms with E-state index in [1.54, 1.807) is 17.4 Å². The summed E-state index contributed by atoms with van der Waals surface area (Å²) >= 11 is 1.75. The van der Waals surface area contributed by atoms with Crippen LogP contribution in [-0.4, -0.2) is 41.4 Å². The fourth-order valence-corrected chi connectivity index (χ4v) is 3.86. The average Bonchev–Trinajstić information content (AvgIpc) is 2.85. The van der Waals surface area contributed by atoms with E-state index in [4.69, 9.17) is 4.98 Å². The maximum Gasteiger partial charge on any atom is 0.264 e. The molecule has 1 fully saturated rings. The van der Waals surface area contributed by atoms with E-state index >= 15 is 0 Å². The normalized spacial score (nSPS) is 15.8. The Kier molecular flexibility index (Phi) is 3.70. The van der Waals surface area contributed by atoms with Gasteiger partial charge in [-0.2, -0.15) is 5.10 Å². The lowest BCUT2D eigenvalue weighted by Gasteiger charge is -2.21. The predicted molar refractivity (Wildman–Crippen MR) is 93.5 cm³/mol. The highest BCUT2D eigenvalue weighted by molar-refractivity contribution is 7.22. The van der Waals surface area contributed by atoms with Gasteiger partial charge >= 0.3 is 0 Å². The van der Waals surface area contributed by atoms with E-state index < -0.39 is 0 Å². The van der Waals surface area contributed by atoms with E-state index in [1.807, 2.05) is 6.07 Å². The van der Waals surface area contributed by atoms with Crippen molar-refractivity contribution >= 4 is 32.5 Å². The summed E-state index contributed by atoms with van der Waals surface area (Å²) in [4.78, 5) is 20.4. The van der Waals surface area contributed by atoms with Crippen molar-refractivity contribution < 1.29 is 0 Å². The summed E-state index contributed by atoms with van der Waals surface area (Å²) in [5.74, 6) is 0.829. The molecule has 2 aromatic heterocycles. The topological polar surface area (TPSA) is 65.1 Å². The molecule has 0 unspecified atom stereocenters. The first-order valence-electron chi connectivity index (χ1n) is 7.71. The molecule has 118 valence electrons. The summed E-state index contributed by atoms with van der Waals surface area (Å²) in [6.45, 7) is 3.69. The Morgan fingerprint density at radius 2 is 1.83 bits per heavy atom.